The molecule has 0 aromatic heterocycles. The van der Waals surface area contributed by atoms with Crippen LogP contribution in [0.3, 0.4) is 0 Å². The fourth-order valence-electron chi connectivity index (χ4n) is 2.51. The lowest BCUT2D eigenvalue weighted by Gasteiger charge is -2.15. The van der Waals surface area contributed by atoms with Crippen molar-refractivity contribution in [1.29, 1.82) is 0 Å². The number of benzene rings is 2. The van der Waals surface area contributed by atoms with E-state index in [4.69, 9.17) is 0 Å². The van der Waals surface area contributed by atoms with Crippen molar-refractivity contribution in [2.45, 2.75) is 19.3 Å². The van der Waals surface area contributed by atoms with E-state index in [-0.39, 0.29) is 18.3 Å². The van der Waals surface area contributed by atoms with Crippen molar-refractivity contribution in [3.8, 4) is 0 Å². The van der Waals surface area contributed by atoms with Gasteiger partial charge in [-0.1, -0.05) is 42.5 Å². The number of nitrogens with zero attached hydrogens (tertiary/aromatic N) is 1. The van der Waals surface area contributed by atoms with Gasteiger partial charge in [-0.3, -0.25) is 4.99 Å². The standard InChI is InChI=1S/C20H26FN3O/c1-2-22-20(23-13-12-16-8-10-19(21)11-9-16)24-14-18(15-25)17-6-4-3-5-7-17/h3-11,18,25H,2,12-15H2,1H3,(H2,22,23,24). The van der Waals surface area contributed by atoms with Crippen LogP contribution in [-0.4, -0.2) is 37.3 Å². The molecule has 0 aliphatic carbocycles. The van der Waals surface area contributed by atoms with Crippen LogP contribution in [0.4, 0.5) is 4.39 Å². The molecular formula is C20H26FN3O. The van der Waals surface area contributed by atoms with Crippen molar-refractivity contribution in [2.24, 2.45) is 4.99 Å². The molecule has 3 N–H and O–H groups in total. The molecule has 4 nitrogen and oxygen atoms in total. The van der Waals surface area contributed by atoms with Gasteiger partial charge in [0.2, 0.25) is 0 Å². The van der Waals surface area contributed by atoms with E-state index in [1.807, 2.05) is 37.3 Å². The van der Waals surface area contributed by atoms with E-state index in [0.29, 0.717) is 13.1 Å². The fourth-order valence-corrected chi connectivity index (χ4v) is 2.51. The summed E-state index contributed by atoms with van der Waals surface area (Å²) in [6, 6.07) is 16.4. The zero-order chi connectivity index (χ0) is 17.9. The van der Waals surface area contributed by atoms with E-state index in [0.717, 1.165) is 30.1 Å². The van der Waals surface area contributed by atoms with E-state index in [1.165, 1.54) is 12.1 Å². The molecule has 134 valence electrons. The Bertz CT molecular complexity index is 644. The zero-order valence-electron chi connectivity index (χ0n) is 14.6. The number of nitrogens with one attached hydrogen (secondary N) is 2. The van der Waals surface area contributed by atoms with Crippen LogP contribution in [0.1, 0.15) is 24.0 Å². The number of guanidine groups is 1. The van der Waals surface area contributed by atoms with Crippen molar-refractivity contribution in [3.05, 3.63) is 71.5 Å². The quantitative estimate of drug-likeness (QED) is 0.510. The number of hydrogen-bond donors (Lipinski definition) is 3. The molecule has 1 atom stereocenters. The number of halogens is 1. The van der Waals surface area contributed by atoms with Crippen LogP contribution in [0, 0.1) is 5.82 Å². The molecule has 0 aliphatic heterocycles. The van der Waals surface area contributed by atoms with Crippen molar-refractivity contribution in [1.82, 2.24) is 10.6 Å². The average molecular weight is 343 g/mol. The summed E-state index contributed by atoms with van der Waals surface area (Å²) in [7, 11) is 0. The molecule has 0 radical (unpaired) electrons. The molecule has 0 spiro atoms. The van der Waals surface area contributed by atoms with E-state index >= 15 is 0 Å². The highest BCUT2D eigenvalue weighted by molar-refractivity contribution is 5.79. The Hall–Kier alpha value is -2.40. The van der Waals surface area contributed by atoms with Crippen molar-refractivity contribution in [3.63, 3.8) is 0 Å². The highest BCUT2D eigenvalue weighted by Gasteiger charge is 2.09. The number of hydrogen-bond acceptors (Lipinski definition) is 2. The van der Waals surface area contributed by atoms with Gasteiger partial charge >= 0.3 is 0 Å². The Morgan fingerprint density at radius 2 is 1.80 bits per heavy atom. The van der Waals surface area contributed by atoms with Gasteiger partial charge in [-0.05, 0) is 36.6 Å². The predicted molar refractivity (Wildman–Crippen MR) is 100 cm³/mol. The highest BCUT2D eigenvalue weighted by atomic mass is 19.1. The maximum atomic E-state index is 12.9. The van der Waals surface area contributed by atoms with Crippen LogP contribution >= 0.6 is 0 Å². The van der Waals surface area contributed by atoms with Gasteiger partial charge < -0.3 is 15.7 Å². The van der Waals surface area contributed by atoms with Crippen LogP contribution in [0.5, 0.6) is 0 Å². The van der Waals surface area contributed by atoms with Crippen LogP contribution in [0.15, 0.2) is 59.6 Å². The smallest absolute Gasteiger partial charge is 0.191 e. The number of rotatable bonds is 8. The van der Waals surface area contributed by atoms with E-state index in [9.17, 15) is 9.50 Å². The summed E-state index contributed by atoms with van der Waals surface area (Å²) in [5.74, 6) is 0.482. The van der Waals surface area contributed by atoms with E-state index in [2.05, 4.69) is 15.6 Å². The summed E-state index contributed by atoms with van der Waals surface area (Å²) in [4.78, 5) is 4.58. The first-order valence-electron chi connectivity index (χ1n) is 8.65. The topological polar surface area (TPSA) is 56.7 Å². The van der Waals surface area contributed by atoms with Gasteiger partial charge in [-0.25, -0.2) is 4.39 Å². The van der Waals surface area contributed by atoms with Crippen LogP contribution < -0.4 is 10.6 Å². The Balaban J connectivity index is 1.89. The lowest BCUT2D eigenvalue weighted by Crippen LogP contribution is -2.38. The Kier molecular flexibility index (Phi) is 7.92. The highest BCUT2D eigenvalue weighted by Crippen LogP contribution is 2.14. The minimum absolute atomic E-state index is 0.0197. The molecule has 25 heavy (non-hydrogen) atoms. The molecule has 2 aromatic rings. The van der Waals surface area contributed by atoms with Gasteiger partial charge in [0.1, 0.15) is 5.82 Å². The molecule has 2 rings (SSSR count). The fraction of sp³-hybridized carbons (Fsp3) is 0.350. The van der Waals surface area contributed by atoms with E-state index in [1.54, 1.807) is 12.1 Å². The van der Waals surface area contributed by atoms with E-state index < -0.39 is 0 Å². The van der Waals surface area contributed by atoms with Gasteiger partial charge in [0.15, 0.2) is 5.96 Å². The third-order valence-corrected chi connectivity index (χ3v) is 3.92. The normalized spacial score (nSPS) is 12.7. The average Bonchev–Trinajstić information content (AvgIpc) is 2.64. The van der Waals surface area contributed by atoms with Gasteiger partial charge in [0.25, 0.3) is 0 Å². The van der Waals surface area contributed by atoms with Crippen LogP contribution in [0.2, 0.25) is 0 Å². The molecule has 2 aromatic carbocycles. The lowest BCUT2D eigenvalue weighted by molar-refractivity contribution is 0.268. The van der Waals surface area contributed by atoms with Gasteiger partial charge in [0, 0.05) is 19.0 Å². The number of aliphatic hydroxyl groups is 1. The van der Waals surface area contributed by atoms with Crippen molar-refractivity contribution in [2.75, 3.05) is 26.2 Å². The Morgan fingerprint density at radius 1 is 1.08 bits per heavy atom. The maximum absolute atomic E-state index is 12.9. The second kappa shape index (κ2) is 10.5. The third-order valence-electron chi connectivity index (χ3n) is 3.92. The molecule has 0 heterocycles. The summed E-state index contributed by atoms with van der Waals surface area (Å²) in [6.07, 6.45) is 0.785. The maximum Gasteiger partial charge on any atom is 0.191 e. The molecule has 1 unspecified atom stereocenters. The molecule has 0 saturated carbocycles. The van der Waals surface area contributed by atoms with Crippen LogP contribution in [-0.2, 0) is 6.42 Å². The second-order valence-electron chi connectivity index (χ2n) is 5.81. The summed E-state index contributed by atoms with van der Waals surface area (Å²) >= 11 is 0. The Morgan fingerprint density at radius 3 is 2.44 bits per heavy atom. The van der Waals surface area contributed by atoms with Gasteiger partial charge in [-0.2, -0.15) is 0 Å². The van der Waals surface area contributed by atoms with Crippen molar-refractivity contribution < 1.29 is 9.50 Å². The second-order valence-corrected chi connectivity index (χ2v) is 5.81. The van der Waals surface area contributed by atoms with Gasteiger partial charge in [0.05, 0.1) is 13.2 Å². The molecule has 0 fully saturated rings. The summed E-state index contributed by atoms with van der Waals surface area (Å²) < 4.78 is 12.9. The first-order valence-corrected chi connectivity index (χ1v) is 8.65. The summed E-state index contributed by atoms with van der Waals surface area (Å²) in [5.41, 5.74) is 2.15. The minimum atomic E-state index is -0.220. The van der Waals surface area contributed by atoms with Crippen LogP contribution in [0.25, 0.3) is 0 Å². The predicted octanol–water partition coefficient (Wildman–Crippen LogP) is 2.70. The van der Waals surface area contributed by atoms with Gasteiger partial charge in [-0.15, -0.1) is 0 Å². The summed E-state index contributed by atoms with van der Waals surface area (Å²) in [6.45, 7) is 4.04. The number of aliphatic hydroxyl groups excluding tert-OH is 1. The summed E-state index contributed by atoms with van der Waals surface area (Å²) in [5, 5.41) is 16.1. The monoisotopic (exact) mass is 343 g/mol. The largest absolute Gasteiger partial charge is 0.396 e. The van der Waals surface area contributed by atoms with Crippen molar-refractivity contribution >= 4 is 5.96 Å². The SMILES string of the molecule is CCNC(=NCC(CO)c1ccccc1)NCCc1ccc(F)cc1. The first-order chi connectivity index (χ1) is 12.2. The molecule has 0 bridgehead atoms. The zero-order valence-corrected chi connectivity index (χ0v) is 14.6. The molecule has 0 saturated heterocycles. The third kappa shape index (κ3) is 6.55. The number of aliphatic imine (C=N–C) groups is 1. The Labute approximate surface area is 148 Å². The molecular weight excluding hydrogens is 317 g/mol. The first kappa shape index (κ1) is 18.9. The molecule has 0 amide bonds. The minimum Gasteiger partial charge on any atom is -0.396 e. The molecule has 5 heteroatoms. The lowest BCUT2D eigenvalue weighted by atomic mass is 10.0. The molecule has 0 aliphatic rings.